The van der Waals surface area contributed by atoms with E-state index < -0.39 is 0 Å². The average Bonchev–Trinajstić information content (AvgIpc) is 3.18. The molecule has 0 bridgehead atoms. The van der Waals surface area contributed by atoms with Gasteiger partial charge in [0.15, 0.2) is 10.9 Å². The number of carbonyl (C=O) groups is 1. The fourth-order valence-electron chi connectivity index (χ4n) is 3.23. The Morgan fingerprint density at radius 1 is 1.19 bits per heavy atom. The van der Waals surface area contributed by atoms with E-state index in [-0.39, 0.29) is 5.78 Å². The number of benzene rings is 2. The third-order valence-corrected chi connectivity index (χ3v) is 5.75. The van der Waals surface area contributed by atoms with Crippen LogP contribution in [0, 0.1) is 6.92 Å². The SMILES string of the molecule is CC(=O)c1ccc(Nc2nc(-c3c(C)n(C)c4ccc(Cl)cc34)cs2)cc1. The number of anilines is 2. The molecule has 27 heavy (non-hydrogen) atoms. The van der Waals surface area contributed by atoms with E-state index in [1.807, 2.05) is 42.5 Å². The number of thiazole rings is 1. The molecule has 0 saturated carbocycles. The lowest BCUT2D eigenvalue weighted by atomic mass is 10.1. The smallest absolute Gasteiger partial charge is 0.187 e. The molecule has 0 aliphatic heterocycles. The maximum atomic E-state index is 11.4. The molecule has 0 aliphatic carbocycles. The summed E-state index contributed by atoms with van der Waals surface area (Å²) in [7, 11) is 2.05. The second-order valence-electron chi connectivity index (χ2n) is 6.48. The van der Waals surface area contributed by atoms with Crippen molar-refractivity contribution >= 4 is 50.4 Å². The Morgan fingerprint density at radius 3 is 2.63 bits per heavy atom. The van der Waals surface area contributed by atoms with Gasteiger partial charge in [-0.3, -0.25) is 4.79 Å². The van der Waals surface area contributed by atoms with E-state index >= 15 is 0 Å². The van der Waals surface area contributed by atoms with Gasteiger partial charge in [-0.2, -0.15) is 0 Å². The standard InChI is InChI=1S/C21H18ClN3OS/c1-12-20(17-10-15(22)6-9-19(17)25(12)3)18-11-27-21(24-18)23-16-7-4-14(5-8-16)13(2)26/h4-11H,1-3H3,(H,23,24). The summed E-state index contributed by atoms with van der Waals surface area (Å²) in [4.78, 5) is 16.2. The minimum absolute atomic E-state index is 0.0585. The van der Waals surface area contributed by atoms with Gasteiger partial charge in [-0.05, 0) is 56.3 Å². The van der Waals surface area contributed by atoms with Gasteiger partial charge < -0.3 is 9.88 Å². The highest BCUT2D eigenvalue weighted by Gasteiger charge is 2.16. The molecule has 2 heterocycles. The van der Waals surface area contributed by atoms with Crippen molar-refractivity contribution in [2.75, 3.05) is 5.32 Å². The lowest BCUT2D eigenvalue weighted by Crippen LogP contribution is -1.94. The van der Waals surface area contributed by atoms with E-state index in [2.05, 4.69) is 29.2 Å². The fraction of sp³-hybridized carbons (Fsp3) is 0.143. The van der Waals surface area contributed by atoms with Gasteiger partial charge in [-0.15, -0.1) is 11.3 Å². The molecule has 0 radical (unpaired) electrons. The molecule has 0 spiro atoms. The van der Waals surface area contributed by atoms with Crippen LogP contribution in [-0.2, 0) is 7.05 Å². The molecular formula is C21H18ClN3OS. The molecule has 2 aromatic heterocycles. The minimum atomic E-state index is 0.0585. The summed E-state index contributed by atoms with van der Waals surface area (Å²) in [6.07, 6.45) is 0. The minimum Gasteiger partial charge on any atom is -0.347 e. The molecule has 2 aromatic carbocycles. The topological polar surface area (TPSA) is 46.9 Å². The molecule has 1 N–H and O–H groups in total. The van der Waals surface area contributed by atoms with Crippen molar-refractivity contribution in [3.05, 3.63) is 64.1 Å². The Morgan fingerprint density at radius 2 is 1.93 bits per heavy atom. The Kier molecular flexibility index (Phi) is 4.50. The fourth-order valence-corrected chi connectivity index (χ4v) is 4.12. The normalized spacial score (nSPS) is 11.1. The first-order valence-corrected chi connectivity index (χ1v) is 9.78. The average molecular weight is 396 g/mol. The third kappa shape index (κ3) is 3.24. The van der Waals surface area contributed by atoms with Crippen LogP contribution in [0.25, 0.3) is 22.2 Å². The number of hydrogen-bond donors (Lipinski definition) is 1. The molecular weight excluding hydrogens is 378 g/mol. The van der Waals surface area contributed by atoms with E-state index in [9.17, 15) is 4.79 Å². The Balaban J connectivity index is 1.69. The number of nitrogens with one attached hydrogen (secondary N) is 1. The van der Waals surface area contributed by atoms with Gasteiger partial charge in [-0.25, -0.2) is 4.98 Å². The van der Waals surface area contributed by atoms with Crippen molar-refractivity contribution < 1.29 is 4.79 Å². The van der Waals surface area contributed by atoms with Gasteiger partial charge in [0.2, 0.25) is 0 Å². The Bertz CT molecular complexity index is 1160. The molecule has 6 heteroatoms. The summed E-state index contributed by atoms with van der Waals surface area (Å²) < 4.78 is 2.16. The van der Waals surface area contributed by atoms with E-state index in [4.69, 9.17) is 16.6 Å². The second-order valence-corrected chi connectivity index (χ2v) is 7.77. The number of aromatic nitrogens is 2. The summed E-state index contributed by atoms with van der Waals surface area (Å²) in [6, 6.07) is 13.3. The van der Waals surface area contributed by atoms with Crippen LogP contribution in [-0.4, -0.2) is 15.3 Å². The first-order valence-electron chi connectivity index (χ1n) is 8.52. The lowest BCUT2D eigenvalue weighted by molar-refractivity contribution is 0.101. The zero-order valence-electron chi connectivity index (χ0n) is 15.2. The van der Waals surface area contributed by atoms with Crippen LogP contribution in [0.1, 0.15) is 23.0 Å². The number of rotatable bonds is 4. The molecule has 0 fully saturated rings. The van der Waals surface area contributed by atoms with Crippen molar-refractivity contribution in [2.45, 2.75) is 13.8 Å². The highest BCUT2D eigenvalue weighted by atomic mass is 35.5. The van der Waals surface area contributed by atoms with E-state index in [1.54, 1.807) is 18.3 Å². The summed E-state index contributed by atoms with van der Waals surface area (Å²) in [5.41, 5.74) is 5.91. The second kappa shape index (κ2) is 6.83. The molecule has 0 amide bonds. The third-order valence-electron chi connectivity index (χ3n) is 4.76. The molecule has 4 nitrogen and oxygen atoms in total. The molecule has 0 atom stereocenters. The van der Waals surface area contributed by atoms with Gasteiger partial charge in [0, 0.05) is 50.9 Å². The van der Waals surface area contributed by atoms with Crippen molar-refractivity contribution in [3.8, 4) is 11.3 Å². The number of halogens is 1. The number of Topliss-reactive ketones (excluding diaryl/α,β-unsaturated/α-hetero) is 1. The van der Waals surface area contributed by atoms with Gasteiger partial charge in [0.05, 0.1) is 5.69 Å². The van der Waals surface area contributed by atoms with E-state index in [0.29, 0.717) is 10.6 Å². The largest absolute Gasteiger partial charge is 0.347 e. The number of hydrogen-bond acceptors (Lipinski definition) is 4. The van der Waals surface area contributed by atoms with Crippen LogP contribution in [0.4, 0.5) is 10.8 Å². The summed E-state index contributed by atoms with van der Waals surface area (Å²) in [5, 5.41) is 7.98. The number of aryl methyl sites for hydroxylation is 1. The molecule has 136 valence electrons. The van der Waals surface area contributed by atoms with Crippen LogP contribution < -0.4 is 5.32 Å². The summed E-state index contributed by atoms with van der Waals surface area (Å²) in [6.45, 7) is 3.66. The summed E-state index contributed by atoms with van der Waals surface area (Å²) in [5.74, 6) is 0.0585. The zero-order valence-corrected chi connectivity index (χ0v) is 16.8. The van der Waals surface area contributed by atoms with E-state index in [1.165, 1.54) is 0 Å². The van der Waals surface area contributed by atoms with Gasteiger partial charge >= 0.3 is 0 Å². The van der Waals surface area contributed by atoms with Crippen LogP contribution >= 0.6 is 22.9 Å². The predicted molar refractivity (Wildman–Crippen MR) is 114 cm³/mol. The highest BCUT2D eigenvalue weighted by Crippen LogP contribution is 2.37. The first kappa shape index (κ1) is 17.8. The first-order chi connectivity index (χ1) is 12.9. The highest BCUT2D eigenvalue weighted by molar-refractivity contribution is 7.14. The summed E-state index contributed by atoms with van der Waals surface area (Å²) >= 11 is 7.77. The van der Waals surface area contributed by atoms with Crippen molar-refractivity contribution in [2.24, 2.45) is 7.05 Å². The number of fused-ring (bicyclic) bond motifs is 1. The number of carbonyl (C=O) groups excluding carboxylic acids is 1. The predicted octanol–water partition coefficient (Wildman–Crippen LogP) is 6.21. The Hall–Kier alpha value is -2.63. The van der Waals surface area contributed by atoms with Crippen LogP contribution in [0.15, 0.2) is 47.8 Å². The lowest BCUT2D eigenvalue weighted by Gasteiger charge is -2.03. The number of ketones is 1. The van der Waals surface area contributed by atoms with Crippen molar-refractivity contribution in [1.82, 2.24) is 9.55 Å². The molecule has 0 aliphatic rings. The maximum Gasteiger partial charge on any atom is 0.187 e. The van der Waals surface area contributed by atoms with Gasteiger partial charge in [-0.1, -0.05) is 11.6 Å². The van der Waals surface area contributed by atoms with Crippen LogP contribution in [0.5, 0.6) is 0 Å². The van der Waals surface area contributed by atoms with Crippen LogP contribution in [0.3, 0.4) is 0 Å². The quantitative estimate of drug-likeness (QED) is 0.418. The van der Waals surface area contributed by atoms with E-state index in [0.717, 1.165) is 38.7 Å². The van der Waals surface area contributed by atoms with Crippen LogP contribution in [0.2, 0.25) is 5.02 Å². The van der Waals surface area contributed by atoms with Crippen molar-refractivity contribution in [1.29, 1.82) is 0 Å². The van der Waals surface area contributed by atoms with Gasteiger partial charge in [0.25, 0.3) is 0 Å². The van der Waals surface area contributed by atoms with Gasteiger partial charge in [0.1, 0.15) is 0 Å². The monoisotopic (exact) mass is 395 g/mol. The zero-order chi connectivity index (χ0) is 19.1. The Labute approximate surface area is 166 Å². The maximum absolute atomic E-state index is 11.4. The van der Waals surface area contributed by atoms with Crippen molar-refractivity contribution in [3.63, 3.8) is 0 Å². The molecule has 0 saturated heterocycles. The molecule has 4 rings (SSSR count). The number of nitrogens with zero attached hydrogens (tertiary/aromatic N) is 2. The molecule has 4 aromatic rings. The molecule has 0 unspecified atom stereocenters.